The van der Waals surface area contributed by atoms with Gasteiger partial charge in [0, 0.05) is 185 Å². The Labute approximate surface area is 900 Å². The van der Waals surface area contributed by atoms with Crippen molar-refractivity contribution in [1.82, 2.24) is 49.8 Å². The third-order valence-electron chi connectivity index (χ3n) is 26.3. The van der Waals surface area contributed by atoms with Gasteiger partial charge in [-0.1, -0.05) is 363 Å². The van der Waals surface area contributed by atoms with Crippen molar-refractivity contribution >= 4 is 158 Å². The maximum atomic E-state index is 8.46. The lowest BCUT2D eigenvalue weighted by atomic mass is 9.98. The molecule has 0 saturated heterocycles. The zero-order valence-corrected chi connectivity index (χ0v) is 86.8. The molecule has 15 heteroatoms. The van der Waals surface area contributed by atoms with Crippen LogP contribution in [0.25, 0.3) is 247 Å². The second kappa shape index (κ2) is 41.8. The number of rotatable bonds is 13. The molecular weight excluding hydrogens is 1920 g/mol. The summed E-state index contributed by atoms with van der Waals surface area (Å²) < 4.78 is 78.4. The number of hydrogen-bond acceptors (Lipinski definition) is 15. The highest BCUT2D eigenvalue weighted by atomic mass is 32.1. The molecule has 0 N–H and O–H groups in total. The minimum atomic E-state index is -0.207. The smallest absolute Gasteiger partial charge is 0.160 e. The van der Waals surface area contributed by atoms with Gasteiger partial charge in [-0.05, 0) is 185 Å². The fourth-order valence-corrected chi connectivity index (χ4v) is 24.9. The van der Waals surface area contributed by atoms with Gasteiger partial charge in [-0.25, -0.2) is 49.8 Å². The number of thiophene rings is 5. The molecule has 0 spiro atoms. The van der Waals surface area contributed by atoms with Crippen LogP contribution < -0.4 is 0 Å². The lowest BCUT2D eigenvalue weighted by Gasteiger charge is -2.09. The van der Waals surface area contributed by atoms with E-state index in [1.165, 1.54) is 130 Å². The van der Waals surface area contributed by atoms with Crippen molar-refractivity contribution in [2.24, 2.45) is 0 Å². The first kappa shape index (κ1) is 85.7. The van der Waals surface area contributed by atoms with Crippen LogP contribution in [0.3, 0.4) is 0 Å². The molecule has 28 rings (SSSR count). The SMILES string of the molecule is Cc1cc(-c2ccc(-c3ccc4c(c3)sc3ccccc34)cc2)nc(-c2ccccc2)n1.Cc1cc(-c2ccc(-c3ccc4sc5ccccc5c4c3)cc2)nc(-c2ccccc2)n1.Cc1cc(-c2ccc(-c3cccc4sc5ccccc5c34)cc2)nc(-c2ccccc2)n1.[2H]c1c([2H])c(C)c([2H])c(-c2nc(C)cc(-c3ccc4c(c3)sc3ccccc34)n2)c1[2H].[2H]c1c([2H])c(C)c([2H])c(-c2nc(C)cc(-c3cccc4c3sc3ccccc34)n2)c1[2H]. The molecule has 716 valence electrons. The second-order valence-electron chi connectivity index (χ2n) is 36.9. The van der Waals surface area contributed by atoms with E-state index in [2.05, 4.69) is 279 Å². The minimum absolute atomic E-state index is 0.0301. The van der Waals surface area contributed by atoms with E-state index in [0.29, 0.717) is 16.8 Å². The highest BCUT2D eigenvalue weighted by molar-refractivity contribution is 7.27. The van der Waals surface area contributed by atoms with Gasteiger partial charge in [0.25, 0.3) is 0 Å². The largest absolute Gasteiger partial charge is 0.233 e. The molecule has 10 aromatic heterocycles. The van der Waals surface area contributed by atoms with Gasteiger partial charge in [-0.3, -0.25) is 0 Å². The molecule has 0 amide bonds. The predicted molar refractivity (Wildman–Crippen MR) is 638 cm³/mol. The first-order valence-corrected chi connectivity index (χ1v) is 53.5. The first-order chi connectivity index (χ1) is 77.0. The monoisotopic (exact) mass is 2020 g/mol. The summed E-state index contributed by atoms with van der Waals surface area (Å²) in [6.07, 6.45) is 0. The van der Waals surface area contributed by atoms with Gasteiger partial charge in [0.15, 0.2) is 29.1 Å². The Hall–Kier alpha value is -17.5. The van der Waals surface area contributed by atoms with Gasteiger partial charge in [-0.15, -0.1) is 56.7 Å². The molecule has 0 aliphatic heterocycles. The van der Waals surface area contributed by atoms with Crippen molar-refractivity contribution in [1.29, 1.82) is 0 Å². The standard InChI is InChI=1S/3C29H20N2S.2C24H18N2S/c1-19-18-25(31-29(30-19)22-8-3-2-4-9-22)21-16-14-20(15-17-21)23-11-7-13-27-28(23)24-10-5-6-12-26(24)32-27;1-19-17-26(31-29(30-19)22-7-3-2-4-8-22)21-13-11-20(12-14-21)23-15-16-28-25(18-23)24-9-5-6-10-27(24)32-28;1-19-17-26(31-29(30-19)22-7-3-2-4-8-22)21-13-11-20(12-14-21)23-15-16-25-24-9-5-6-10-27(24)32-28(25)18-23;1-15-7-5-8-17(13-15)24-25-16(2)14-21(26-24)20-11-6-10-19-18-9-3-4-12-22(18)27-23(19)20;1-15-6-5-7-18(12-15)24-25-16(2)13-21(26-24)17-10-11-20-19-8-3-4-9-22(19)27-23(20)14-17/h3*2-18H,1H3;2*3-14H,1-2H3/i;;;5D,7D,8D,13D;5D,6D,7D,12D. The topological polar surface area (TPSA) is 129 Å². The number of aromatic nitrogens is 10. The van der Waals surface area contributed by atoms with Crippen LogP contribution in [-0.4, -0.2) is 49.8 Å². The van der Waals surface area contributed by atoms with Crippen molar-refractivity contribution in [3.63, 3.8) is 0 Å². The van der Waals surface area contributed by atoms with E-state index in [9.17, 15) is 0 Å². The maximum Gasteiger partial charge on any atom is 0.160 e. The number of aryl methyl sites for hydroxylation is 5. The van der Waals surface area contributed by atoms with Crippen LogP contribution in [0.5, 0.6) is 0 Å². The second-order valence-corrected chi connectivity index (χ2v) is 42.3. The maximum absolute atomic E-state index is 8.46. The quantitative estimate of drug-likeness (QED) is 0.110. The summed E-state index contributed by atoms with van der Waals surface area (Å²) in [4.78, 5) is 46.8. The fourth-order valence-electron chi connectivity index (χ4n) is 19.2. The molecule has 0 atom stereocenters. The zero-order valence-electron chi connectivity index (χ0n) is 90.7. The summed E-state index contributed by atoms with van der Waals surface area (Å²) in [5, 5.41) is 12.8. The molecule has 28 aromatic rings. The Kier molecular flexibility index (Phi) is 23.9. The summed E-state index contributed by atoms with van der Waals surface area (Å²) in [6, 6.07) is 141. The van der Waals surface area contributed by atoms with Crippen LogP contribution in [0.1, 0.15) is 50.6 Å². The normalized spacial score (nSPS) is 12.0. The van der Waals surface area contributed by atoms with E-state index in [-0.39, 0.29) is 71.1 Å². The van der Waals surface area contributed by atoms with Crippen LogP contribution in [0.4, 0.5) is 0 Å². The molecule has 0 saturated carbocycles. The van der Waals surface area contributed by atoms with Crippen molar-refractivity contribution in [3.8, 4) is 147 Å². The molecular formula is C135H96N10S5. The van der Waals surface area contributed by atoms with E-state index in [4.69, 9.17) is 30.9 Å². The third kappa shape index (κ3) is 20.0. The highest BCUT2D eigenvalue weighted by Crippen LogP contribution is 2.46. The highest BCUT2D eigenvalue weighted by Gasteiger charge is 2.21. The number of hydrogen-bond donors (Lipinski definition) is 0. The Morgan fingerprint density at radius 2 is 0.467 bits per heavy atom. The zero-order chi connectivity index (χ0) is 108. The number of benzene rings is 18. The van der Waals surface area contributed by atoms with Gasteiger partial charge < -0.3 is 0 Å². The number of fused-ring (bicyclic) bond motifs is 15. The van der Waals surface area contributed by atoms with Crippen LogP contribution >= 0.6 is 56.7 Å². The van der Waals surface area contributed by atoms with Gasteiger partial charge in [-0.2, -0.15) is 0 Å². The first-order valence-electron chi connectivity index (χ1n) is 53.4. The Balaban J connectivity index is 0.000000104. The fraction of sp³-hybridized carbons (Fsp3) is 0.0519. The Morgan fingerprint density at radius 3 is 0.933 bits per heavy atom. The van der Waals surface area contributed by atoms with E-state index >= 15 is 0 Å². The molecule has 18 aromatic carbocycles. The van der Waals surface area contributed by atoms with Gasteiger partial charge >= 0.3 is 0 Å². The Morgan fingerprint density at radius 1 is 0.173 bits per heavy atom. The lowest BCUT2D eigenvalue weighted by molar-refractivity contribution is 1.11. The molecule has 0 aliphatic carbocycles. The van der Waals surface area contributed by atoms with Crippen molar-refractivity contribution in [2.45, 2.75) is 48.5 Å². The minimum Gasteiger partial charge on any atom is -0.233 e. The molecule has 0 unspecified atom stereocenters. The van der Waals surface area contributed by atoms with Crippen molar-refractivity contribution in [2.75, 3.05) is 0 Å². The summed E-state index contributed by atoms with van der Waals surface area (Å²) in [6.45, 7) is 13.0. The number of nitrogens with zero attached hydrogens (tertiary/aromatic N) is 10. The molecule has 0 radical (unpaired) electrons. The average Bonchev–Trinajstić information content (AvgIpc) is 1.36. The van der Waals surface area contributed by atoms with Crippen LogP contribution in [0, 0.1) is 48.5 Å². The van der Waals surface area contributed by atoms with Crippen molar-refractivity contribution in [3.05, 3.63) is 494 Å². The van der Waals surface area contributed by atoms with Gasteiger partial charge in [0.1, 0.15) is 0 Å². The molecule has 0 bridgehead atoms. The van der Waals surface area contributed by atoms with Crippen LogP contribution in [-0.2, 0) is 0 Å². The average molecular weight is 2030 g/mol. The van der Waals surface area contributed by atoms with Gasteiger partial charge in [0.05, 0.1) is 39.4 Å². The van der Waals surface area contributed by atoms with E-state index < -0.39 is 0 Å². The molecule has 10 heterocycles. The molecule has 10 nitrogen and oxygen atoms in total. The third-order valence-corrected chi connectivity index (χ3v) is 32.1. The summed E-state index contributed by atoms with van der Waals surface area (Å²) in [5.41, 5.74) is 25.4. The summed E-state index contributed by atoms with van der Waals surface area (Å²) >= 11 is 9.01. The van der Waals surface area contributed by atoms with Gasteiger partial charge in [0.2, 0.25) is 0 Å². The summed E-state index contributed by atoms with van der Waals surface area (Å²) in [5.74, 6) is 2.79. The van der Waals surface area contributed by atoms with E-state index in [1.807, 2.05) is 226 Å². The van der Waals surface area contributed by atoms with Crippen molar-refractivity contribution < 1.29 is 11.0 Å². The summed E-state index contributed by atoms with van der Waals surface area (Å²) in [7, 11) is 0. The van der Waals surface area contributed by atoms with Crippen LogP contribution in [0.15, 0.2) is 455 Å². The molecule has 0 fully saturated rings. The van der Waals surface area contributed by atoms with E-state index in [1.54, 1.807) is 36.5 Å². The predicted octanol–water partition coefficient (Wildman–Crippen LogP) is 38.1. The molecule has 0 aliphatic rings. The van der Waals surface area contributed by atoms with Crippen LogP contribution in [0.2, 0.25) is 0 Å². The Bertz CT molecular complexity index is 10400. The van der Waals surface area contributed by atoms with E-state index in [0.717, 1.165) is 118 Å². The molecule has 150 heavy (non-hydrogen) atoms. The lowest BCUT2D eigenvalue weighted by Crippen LogP contribution is -1.95.